The summed E-state index contributed by atoms with van der Waals surface area (Å²) in [7, 11) is 0. The van der Waals surface area contributed by atoms with Gasteiger partial charge in [-0.25, -0.2) is 4.98 Å². The summed E-state index contributed by atoms with van der Waals surface area (Å²) in [5, 5.41) is 3.68. The highest BCUT2D eigenvalue weighted by Crippen LogP contribution is 2.17. The predicted octanol–water partition coefficient (Wildman–Crippen LogP) is 4.17. The molecule has 2 heterocycles. The van der Waals surface area contributed by atoms with Gasteiger partial charge in [-0.3, -0.25) is 4.79 Å². The Labute approximate surface area is 147 Å². The van der Waals surface area contributed by atoms with Crippen molar-refractivity contribution in [1.82, 2.24) is 14.7 Å². The van der Waals surface area contributed by atoms with Crippen molar-refractivity contribution in [1.29, 1.82) is 0 Å². The van der Waals surface area contributed by atoms with Gasteiger partial charge < -0.3 is 9.72 Å². The standard InChI is InChI=1S/C17H15BrClN3O/c1-11(12-2-5-14(19)6-3-12)21-17(23)8-15-9-20-16-7-4-13(18)10-22(15)16/h2-7,9-11H,8H2,1H3,(H,21,23). The van der Waals surface area contributed by atoms with Gasteiger partial charge in [0.25, 0.3) is 0 Å². The number of hydrogen-bond donors (Lipinski definition) is 1. The van der Waals surface area contributed by atoms with Gasteiger partial charge in [0.15, 0.2) is 0 Å². The zero-order chi connectivity index (χ0) is 16.4. The van der Waals surface area contributed by atoms with Crippen molar-refractivity contribution >= 4 is 39.1 Å². The van der Waals surface area contributed by atoms with Crippen LogP contribution in [0.2, 0.25) is 5.02 Å². The van der Waals surface area contributed by atoms with E-state index in [0.29, 0.717) is 5.02 Å². The number of nitrogens with one attached hydrogen (secondary N) is 1. The van der Waals surface area contributed by atoms with Crippen molar-refractivity contribution in [2.75, 3.05) is 0 Å². The molecule has 0 aliphatic carbocycles. The van der Waals surface area contributed by atoms with E-state index < -0.39 is 0 Å². The maximum absolute atomic E-state index is 12.3. The van der Waals surface area contributed by atoms with E-state index in [1.165, 1.54) is 0 Å². The molecule has 4 nitrogen and oxygen atoms in total. The van der Waals surface area contributed by atoms with Gasteiger partial charge in [0.05, 0.1) is 18.2 Å². The summed E-state index contributed by atoms with van der Waals surface area (Å²) in [5.41, 5.74) is 2.69. The molecule has 3 aromatic rings. The van der Waals surface area contributed by atoms with Crippen LogP contribution >= 0.6 is 27.5 Å². The number of nitrogens with zero attached hydrogens (tertiary/aromatic N) is 2. The summed E-state index contributed by atoms with van der Waals surface area (Å²) < 4.78 is 2.86. The Kier molecular flexibility index (Phi) is 4.68. The van der Waals surface area contributed by atoms with Gasteiger partial charge >= 0.3 is 0 Å². The number of pyridine rings is 1. The number of rotatable bonds is 4. The topological polar surface area (TPSA) is 46.4 Å². The third-order valence-corrected chi connectivity index (χ3v) is 4.36. The van der Waals surface area contributed by atoms with Crippen LogP contribution in [0.15, 0.2) is 53.3 Å². The van der Waals surface area contributed by atoms with Crippen molar-refractivity contribution in [3.05, 3.63) is 69.5 Å². The van der Waals surface area contributed by atoms with Crippen molar-refractivity contribution < 1.29 is 4.79 Å². The first-order valence-corrected chi connectivity index (χ1v) is 8.36. The normalized spacial score (nSPS) is 12.3. The van der Waals surface area contributed by atoms with Gasteiger partial charge in [-0.1, -0.05) is 23.7 Å². The molecular formula is C17H15BrClN3O. The van der Waals surface area contributed by atoms with Gasteiger partial charge in [0, 0.05) is 21.9 Å². The largest absolute Gasteiger partial charge is 0.349 e. The summed E-state index contributed by atoms with van der Waals surface area (Å²) in [6.45, 7) is 1.95. The second-order valence-corrected chi connectivity index (χ2v) is 6.69. The smallest absolute Gasteiger partial charge is 0.226 e. The van der Waals surface area contributed by atoms with Crippen LogP contribution in [-0.2, 0) is 11.2 Å². The fourth-order valence-corrected chi connectivity index (χ4v) is 2.89. The molecule has 1 N–H and O–H groups in total. The van der Waals surface area contributed by atoms with Gasteiger partial charge in [-0.15, -0.1) is 0 Å². The molecule has 1 atom stereocenters. The molecule has 6 heteroatoms. The molecule has 0 radical (unpaired) electrons. The fraction of sp³-hybridized carbons (Fsp3) is 0.176. The first kappa shape index (κ1) is 16.0. The molecule has 3 rings (SSSR count). The summed E-state index contributed by atoms with van der Waals surface area (Å²) >= 11 is 9.32. The first-order valence-electron chi connectivity index (χ1n) is 7.19. The Hall–Kier alpha value is -1.85. The van der Waals surface area contributed by atoms with Crippen LogP contribution in [0.5, 0.6) is 0 Å². The summed E-state index contributed by atoms with van der Waals surface area (Å²) in [6.07, 6.45) is 3.91. The van der Waals surface area contributed by atoms with Gasteiger partial charge in [-0.2, -0.15) is 0 Å². The molecule has 1 unspecified atom stereocenters. The molecular weight excluding hydrogens is 378 g/mol. The molecule has 0 bridgehead atoms. The molecule has 1 amide bonds. The molecule has 1 aromatic carbocycles. The quantitative estimate of drug-likeness (QED) is 0.724. The van der Waals surface area contributed by atoms with Crippen LogP contribution < -0.4 is 5.32 Å². The Morgan fingerprint density at radius 3 is 2.78 bits per heavy atom. The average Bonchev–Trinajstić information content (AvgIpc) is 2.90. The predicted molar refractivity (Wildman–Crippen MR) is 94.6 cm³/mol. The number of halogens is 2. The highest BCUT2D eigenvalue weighted by molar-refractivity contribution is 9.10. The molecule has 0 aliphatic heterocycles. The van der Waals surface area contributed by atoms with Crippen LogP contribution in [0.25, 0.3) is 5.65 Å². The molecule has 118 valence electrons. The van der Waals surface area contributed by atoms with Crippen LogP contribution in [0.1, 0.15) is 24.2 Å². The molecule has 23 heavy (non-hydrogen) atoms. The van der Waals surface area contributed by atoms with E-state index in [1.54, 1.807) is 6.20 Å². The third-order valence-electron chi connectivity index (χ3n) is 3.64. The molecule has 0 aliphatic rings. The maximum Gasteiger partial charge on any atom is 0.226 e. The van der Waals surface area contributed by atoms with Crippen molar-refractivity contribution in [3.63, 3.8) is 0 Å². The highest BCUT2D eigenvalue weighted by Gasteiger charge is 2.12. The number of fused-ring (bicyclic) bond motifs is 1. The lowest BCUT2D eigenvalue weighted by molar-refractivity contribution is -0.121. The number of carbonyl (C=O) groups excluding carboxylic acids is 1. The van der Waals surface area contributed by atoms with Gasteiger partial charge in [0.2, 0.25) is 5.91 Å². The second-order valence-electron chi connectivity index (χ2n) is 5.34. The van der Waals surface area contributed by atoms with E-state index in [2.05, 4.69) is 26.2 Å². The lowest BCUT2D eigenvalue weighted by Gasteiger charge is -2.14. The highest BCUT2D eigenvalue weighted by atomic mass is 79.9. The zero-order valence-corrected chi connectivity index (χ0v) is 14.8. The molecule has 0 saturated heterocycles. The van der Waals surface area contributed by atoms with E-state index in [9.17, 15) is 4.79 Å². The molecule has 2 aromatic heterocycles. The van der Waals surface area contributed by atoms with Crippen molar-refractivity contribution in [3.8, 4) is 0 Å². The van der Waals surface area contributed by atoms with E-state index in [1.807, 2.05) is 53.9 Å². The van der Waals surface area contributed by atoms with Gasteiger partial charge in [0.1, 0.15) is 5.65 Å². The lowest BCUT2D eigenvalue weighted by atomic mass is 10.1. The van der Waals surface area contributed by atoms with Crippen LogP contribution in [0.3, 0.4) is 0 Å². The Balaban J connectivity index is 1.71. The van der Waals surface area contributed by atoms with Crippen molar-refractivity contribution in [2.45, 2.75) is 19.4 Å². The average molecular weight is 393 g/mol. The number of amides is 1. The van der Waals surface area contributed by atoms with E-state index >= 15 is 0 Å². The van der Waals surface area contributed by atoms with E-state index in [-0.39, 0.29) is 18.4 Å². The molecule has 0 fully saturated rings. The van der Waals surface area contributed by atoms with E-state index in [0.717, 1.165) is 21.4 Å². The zero-order valence-electron chi connectivity index (χ0n) is 12.5. The summed E-state index contributed by atoms with van der Waals surface area (Å²) in [5.74, 6) is -0.0470. The summed E-state index contributed by atoms with van der Waals surface area (Å²) in [6, 6.07) is 11.2. The SMILES string of the molecule is CC(NC(=O)Cc1cnc2ccc(Br)cn12)c1ccc(Cl)cc1. The monoisotopic (exact) mass is 391 g/mol. The Morgan fingerprint density at radius 2 is 2.04 bits per heavy atom. The number of hydrogen-bond acceptors (Lipinski definition) is 2. The fourth-order valence-electron chi connectivity index (χ4n) is 2.43. The maximum atomic E-state index is 12.3. The Morgan fingerprint density at radius 1 is 1.30 bits per heavy atom. The number of aromatic nitrogens is 2. The molecule has 0 spiro atoms. The number of carbonyl (C=O) groups is 1. The minimum atomic E-state index is -0.0781. The van der Waals surface area contributed by atoms with Crippen molar-refractivity contribution in [2.24, 2.45) is 0 Å². The second kappa shape index (κ2) is 6.72. The number of imidazole rings is 1. The minimum absolute atomic E-state index is 0.0470. The van der Waals surface area contributed by atoms with E-state index in [4.69, 9.17) is 11.6 Å². The van der Waals surface area contributed by atoms with Crippen LogP contribution in [-0.4, -0.2) is 15.3 Å². The first-order chi connectivity index (χ1) is 11.0. The number of benzene rings is 1. The summed E-state index contributed by atoms with van der Waals surface area (Å²) in [4.78, 5) is 16.6. The van der Waals surface area contributed by atoms with Gasteiger partial charge in [-0.05, 0) is 52.7 Å². The van der Waals surface area contributed by atoms with Crippen LogP contribution in [0, 0.1) is 0 Å². The van der Waals surface area contributed by atoms with Crippen LogP contribution in [0.4, 0.5) is 0 Å². The minimum Gasteiger partial charge on any atom is -0.349 e. The molecule has 0 saturated carbocycles. The Bertz CT molecular complexity index is 845. The third kappa shape index (κ3) is 3.74. The lowest BCUT2D eigenvalue weighted by Crippen LogP contribution is -2.28.